The minimum absolute atomic E-state index is 0.0787. The summed E-state index contributed by atoms with van der Waals surface area (Å²) in [4.78, 5) is 14.1. The van der Waals surface area contributed by atoms with Gasteiger partial charge >= 0.3 is 0 Å². The zero-order chi connectivity index (χ0) is 14.5. The molecule has 0 aliphatic heterocycles. The number of hydrogen-bond acceptors (Lipinski definition) is 7. The number of imidazole rings is 1. The van der Waals surface area contributed by atoms with E-state index in [4.69, 9.17) is 10.8 Å². The van der Waals surface area contributed by atoms with E-state index in [1.807, 2.05) is 11.8 Å². The summed E-state index contributed by atoms with van der Waals surface area (Å²) in [7, 11) is 0. The highest BCUT2D eigenvalue weighted by atomic mass is 16.3. The first-order chi connectivity index (χ1) is 9.65. The molecule has 4 N–H and O–H groups in total. The average molecular weight is 280 g/mol. The molecule has 0 aromatic carbocycles. The summed E-state index contributed by atoms with van der Waals surface area (Å²) in [6.45, 7) is 4.22. The fourth-order valence-corrected chi connectivity index (χ4v) is 2.18. The van der Waals surface area contributed by atoms with E-state index in [2.05, 4.69) is 15.0 Å². The van der Waals surface area contributed by atoms with Crippen molar-refractivity contribution in [3.8, 4) is 0 Å². The van der Waals surface area contributed by atoms with Gasteiger partial charge in [0.05, 0.1) is 25.6 Å². The molecule has 0 spiro atoms. The van der Waals surface area contributed by atoms with E-state index >= 15 is 0 Å². The number of aliphatic hydroxyl groups is 2. The van der Waals surface area contributed by atoms with Crippen LogP contribution >= 0.6 is 0 Å². The third-order valence-electron chi connectivity index (χ3n) is 3.18. The van der Waals surface area contributed by atoms with Crippen LogP contribution in [0.4, 0.5) is 5.82 Å². The first-order valence-electron chi connectivity index (χ1n) is 6.58. The number of aromatic nitrogens is 4. The first-order valence-corrected chi connectivity index (χ1v) is 6.58. The van der Waals surface area contributed by atoms with Crippen LogP contribution in [0, 0.1) is 0 Å². The van der Waals surface area contributed by atoms with Crippen LogP contribution in [-0.4, -0.2) is 67.0 Å². The third kappa shape index (κ3) is 3.21. The predicted molar refractivity (Wildman–Crippen MR) is 74.9 cm³/mol. The number of aliphatic hydroxyl groups excluding tert-OH is 2. The molecule has 2 aromatic heterocycles. The van der Waals surface area contributed by atoms with E-state index in [0.717, 1.165) is 6.54 Å². The van der Waals surface area contributed by atoms with Gasteiger partial charge in [0.2, 0.25) is 0 Å². The van der Waals surface area contributed by atoms with Crippen molar-refractivity contribution in [2.24, 2.45) is 0 Å². The number of nitrogen functional groups attached to an aromatic ring is 1. The van der Waals surface area contributed by atoms with Crippen LogP contribution in [0.2, 0.25) is 0 Å². The highest BCUT2D eigenvalue weighted by Gasteiger charge is 2.14. The van der Waals surface area contributed by atoms with Gasteiger partial charge in [0.15, 0.2) is 11.5 Å². The van der Waals surface area contributed by atoms with Gasteiger partial charge in [0, 0.05) is 13.1 Å². The Morgan fingerprint density at radius 3 is 2.90 bits per heavy atom. The van der Waals surface area contributed by atoms with Gasteiger partial charge in [-0.3, -0.25) is 4.90 Å². The highest BCUT2D eigenvalue weighted by Crippen LogP contribution is 2.15. The van der Waals surface area contributed by atoms with Crippen LogP contribution < -0.4 is 5.73 Å². The molecule has 8 nitrogen and oxygen atoms in total. The number of fused-ring (bicyclic) bond motifs is 1. The Bertz CT molecular complexity index is 558. The van der Waals surface area contributed by atoms with Crippen molar-refractivity contribution in [1.29, 1.82) is 0 Å². The smallest absolute Gasteiger partial charge is 0.182 e. The van der Waals surface area contributed by atoms with Gasteiger partial charge < -0.3 is 20.5 Å². The van der Waals surface area contributed by atoms with Gasteiger partial charge in [-0.25, -0.2) is 15.0 Å². The van der Waals surface area contributed by atoms with E-state index in [1.54, 1.807) is 10.9 Å². The van der Waals surface area contributed by atoms with Crippen LogP contribution in [0.5, 0.6) is 0 Å². The second-order valence-electron chi connectivity index (χ2n) is 4.60. The van der Waals surface area contributed by atoms with Gasteiger partial charge in [0.1, 0.15) is 11.8 Å². The molecule has 0 aliphatic rings. The predicted octanol–water partition coefficient (Wildman–Crippen LogP) is -0.916. The first kappa shape index (κ1) is 14.6. The molecule has 0 bridgehead atoms. The van der Waals surface area contributed by atoms with E-state index < -0.39 is 6.10 Å². The number of likely N-dealkylation sites (N-methyl/N-ethyl adjacent to an activating group) is 1. The summed E-state index contributed by atoms with van der Waals surface area (Å²) >= 11 is 0. The van der Waals surface area contributed by atoms with Crippen molar-refractivity contribution < 1.29 is 10.2 Å². The summed E-state index contributed by atoms with van der Waals surface area (Å²) < 4.78 is 1.75. The molecule has 8 heteroatoms. The average Bonchev–Trinajstić information content (AvgIpc) is 2.82. The fraction of sp³-hybridized carbons (Fsp3) is 0.583. The Morgan fingerprint density at radius 2 is 2.20 bits per heavy atom. The molecular formula is C12H20N6O2. The van der Waals surface area contributed by atoms with Gasteiger partial charge in [-0.2, -0.15) is 0 Å². The summed E-state index contributed by atoms with van der Waals surface area (Å²) in [5, 5.41) is 19.1. The lowest BCUT2D eigenvalue weighted by atomic mass is 10.3. The van der Waals surface area contributed by atoms with Crippen LogP contribution in [-0.2, 0) is 6.54 Å². The lowest BCUT2D eigenvalue weighted by molar-refractivity contribution is 0.0911. The van der Waals surface area contributed by atoms with Crippen LogP contribution in [0.1, 0.15) is 6.92 Å². The summed E-state index contributed by atoms with van der Waals surface area (Å²) in [6, 6.07) is 0. The van der Waals surface area contributed by atoms with E-state index in [9.17, 15) is 5.11 Å². The van der Waals surface area contributed by atoms with E-state index in [-0.39, 0.29) is 6.61 Å². The summed E-state index contributed by atoms with van der Waals surface area (Å²) in [5.41, 5.74) is 6.97. The molecule has 0 radical (unpaired) electrons. The van der Waals surface area contributed by atoms with Crippen molar-refractivity contribution >= 4 is 17.0 Å². The molecule has 0 aliphatic carbocycles. The number of anilines is 1. The molecular weight excluding hydrogens is 260 g/mol. The third-order valence-corrected chi connectivity index (χ3v) is 3.18. The van der Waals surface area contributed by atoms with Gasteiger partial charge in [-0.15, -0.1) is 0 Å². The molecule has 2 heterocycles. The Hall–Kier alpha value is -1.77. The van der Waals surface area contributed by atoms with Crippen LogP contribution in [0.15, 0.2) is 12.7 Å². The molecule has 0 fully saturated rings. The monoisotopic (exact) mass is 280 g/mol. The number of hydrogen-bond donors (Lipinski definition) is 3. The fourth-order valence-electron chi connectivity index (χ4n) is 2.18. The maximum atomic E-state index is 10.1. The standard InChI is InChI=1S/C12H20N6O2/c1-2-17(3-4-19)5-9(20)6-18-8-16-12-10(18)11(13)14-7-15-12/h7-9,19-20H,2-6H2,1H3,(H2,13,14,15). The molecule has 20 heavy (non-hydrogen) atoms. The zero-order valence-corrected chi connectivity index (χ0v) is 11.5. The topological polar surface area (TPSA) is 113 Å². The van der Waals surface area contributed by atoms with Gasteiger partial charge in [0.25, 0.3) is 0 Å². The Morgan fingerprint density at radius 1 is 1.40 bits per heavy atom. The maximum Gasteiger partial charge on any atom is 0.182 e. The van der Waals surface area contributed by atoms with Gasteiger partial charge in [-0.05, 0) is 6.54 Å². The van der Waals surface area contributed by atoms with Crippen LogP contribution in [0.3, 0.4) is 0 Å². The second-order valence-corrected chi connectivity index (χ2v) is 4.60. The second kappa shape index (κ2) is 6.60. The van der Waals surface area contributed by atoms with Crippen LogP contribution in [0.25, 0.3) is 11.2 Å². The van der Waals surface area contributed by atoms with Crippen molar-refractivity contribution in [3.63, 3.8) is 0 Å². The quantitative estimate of drug-likeness (QED) is 0.601. The molecule has 2 aromatic rings. The number of nitrogens with two attached hydrogens (primary N) is 1. The molecule has 1 unspecified atom stereocenters. The maximum absolute atomic E-state index is 10.1. The molecule has 0 saturated heterocycles. The van der Waals surface area contributed by atoms with E-state index in [1.165, 1.54) is 6.33 Å². The van der Waals surface area contributed by atoms with Crippen molar-refractivity contribution in [1.82, 2.24) is 24.4 Å². The SMILES string of the molecule is CCN(CCO)CC(O)Cn1cnc2ncnc(N)c21. The Labute approximate surface area is 116 Å². The summed E-state index contributed by atoms with van der Waals surface area (Å²) in [6.07, 6.45) is 2.38. The molecule has 1 atom stereocenters. The van der Waals surface area contributed by atoms with E-state index in [0.29, 0.717) is 36.6 Å². The number of nitrogens with zero attached hydrogens (tertiary/aromatic N) is 5. The van der Waals surface area contributed by atoms with Crippen molar-refractivity contribution in [3.05, 3.63) is 12.7 Å². The number of rotatable bonds is 7. The lowest BCUT2D eigenvalue weighted by Gasteiger charge is -2.22. The minimum Gasteiger partial charge on any atom is -0.395 e. The lowest BCUT2D eigenvalue weighted by Crippen LogP contribution is -2.36. The van der Waals surface area contributed by atoms with Crippen molar-refractivity contribution in [2.45, 2.75) is 19.6 Å². The molecule has 0 saturated carbocycles. The normalized spacial score (nSPS) is 13.2. The van der Waals surface area contributed by atoms with Gasteiger partial charge in [-0.1, -0.05) is 6.92 Å². The largest absolute Gasteiger partial charge is 0.395 e. The Balaban J connectivity index is 2.08. The Kier molecular flexibility index (Phi) is 4.83. The minimum atomic E-state index is -0.585. The summed E-state index contributed by atoms with van der Waals surface area (Å²) in [5.74, 6) is 0.349. The molecule has 2 rings (SSSR count). The molecule has 110 valence electrons. The zero-order valence-electron chi connectivity index (χ0n) is 11.5. The van der Waals surface area contributed by atoms with Crippen molar-refractivity contribution in [2.75, 3.05) is 32.0 Å². The highest BCUT2D eigenvalue weighted by molar-refractivity contribution is 5.81. The molecule has 0 amide bonds.